The number of urea groups is 1. The fourth-order valence-electron chi connectivity index (χ4n) is 1.33. The maximum atomic E-state index is 13.4. The third kappa shape index (κ3) is 1.85. The minimum absolute atomic E-state index is 0.0905. The van der Waals surface area contributed by atoms with Gasteiger partial charge in [-0.3, -0.25) is 15.0 Å². The van der Waals surface area contributed by atoms with E-state index in [1.165, 1.54) is 18.2 Å². The Morgan fingerprint density at radius 1 is 1.40 bits per heavy atom. The van der Waals surface area contributed by atoms with Crippen molar-refractivity contribution in [3.63, 3.8) is 0 Å². The average molecular weight is 273 g/mol. The molecule has 78 valence electrons. The van der Waals surface area contributed by atoms with Gasteiger partial charge in [0.25, 0.3) is 0 Å². The van der Waals surface area contributed by atoms with Gasteiger partial charge in [0, 0.05) is 4.47 Å². The van der Waals surface area contributed by atoms with E-state index in [1.807, 2.05) is 0 Å². The molecule has 1 aromatic rings. The van der Waals surface area contributed by atoms with E-state index in [4.69, 9.17) is 0 Å². The summed E-state index contributed by atoms with van der Waals surface area (Å²) < 4.78 is 14.0. The van der Waals surface area contributed by atoms with E-state index >= 15 is 0 Å². The van der Waals surface area contributed by atoms with Gasteiger partial charge in [-0.25, -0.2) is 9.18 Å². The molecule has 1 aromatic carbocycles. The van der Waals surface area contributed by atoms with Crippen LogP contribution in [0.2, 0.25) is 0 Å². The lowest BCUT2D eigenvalue weighted by atomic mass is 10.3. The zero-order valence-corrected chi connectivity index (χ0v) is 9.04. The number of benzene rings is 1. The molecule has 1 saturated heterocycles. The molecule has 4 nitrogen and oxygen atoms in total. The number of hydrogen-bond acceptors (Lipinski definition) is 2. The van der Waals surface area contributed by atoms with Gasteiger partial charge < -0.3 is 0 Å². The standard InChI is InChI=1S/C9H6BrFN2O2/c10-5-1-2-6(11)7(3-5)13-4-8(14)12-9(13)15/h1-3H,4H2,(H,12,14,15). The number of anilines is 1. The molecule has 1 aliphatic heterocycles. The van der Waals surface area contributed by atoms with Crippen molar-refractivity contribution in [3.05, 3.63) is 28.5 Å². The number of rotatable bonds is 1. The molecule has 3 amide bonds. The topological polar surface area (TPSA) is 49.4 Å². The van der Waals surface area contributed by atoms with E-state index in [-0.39, 0.29) is 12.2 Å². The number of imide groups is 1. The minimum Gasteiger partial charge on any atom is -0.282 e. The van der Waals surface area contributed by atoms with Gasteiger partial charge >= 0.3 is 6.03 Å². The quantitative estimate of drug-likeness (QED) is 0.791. The van der Waals surface area contributed by atoms with Crippen LogP contribution in [0.4, 0.5) is 14.9 Å². The summed E-state index contributed by atoms with van der Waals surface area (Å²) in [6.07, 6.45) is 0. The van der Waals surface area contributed by atoms with E-state index in [2.05, 4.69) is 21.2 Å². The van der Waals surface area contributed by atoms with Gasteiger partial charge in [-0.05, 0) is 18.2 Å². The fraction of sp³-hybridized carbons (Fsp3) is 0.111. The number of halogens is 2. The van der Waals surface area contributed by atoms with Gasteiger partial charge in [0.1, 0.15) is 12.4 Å². The van der Waals surface area contributed by atoms with Crippen molar-refractivity contribution in [2.24, 2.45) is 0 Å². The highest BCUT2D eigenvalue weighted by Gasteiger charge is 2.29. The molecule has 1 N–H and O–H groups in total. The molecule has 0 aromatic heterocycles. The van der Waals surface area contributed by atoms with Crippen molar-refractivity contribution >= 4 is 33.6 Å². The second kappa shape index (κ2) is 3.62. The minimum atomic E-state index is -0.600. The Kier molecular flexibility index (Phi) is 2.44. The number of nitrogens with one attached hydrogen (secondary N) is 1. The van der Waals surface area contributed by atoms with E-state index in [9.17, 15) is 14.0 Å². The van der Waals surface area contributed by atoms with Gasteiger partial charge in [0.15, 0.2) is 0 Å². The third-order valence-corrected chi connectivity index (χ3v) is 2.49. The van der Waals surface area contributed by atoms with Crippen molar-refractivity contribution in [1.29, 1.82) is 0 Å². The second-order valence-corrected chi connectivity index (χ2v) is 3.95. The Morgan fingerprint density at radius 2 is 2.13 bits per heavy atom. The molecule has 2 rings (SSSR count). The lowest BCUT2D eigenvalue weighted by Gasteiger charge is -2.14. The van der Waals surface area contributed by atoms with Crippen LogP contribution in [0.1, 0.15) is 0 Å². The van der Waals surface area contributed by atoms with Crippen LogP contribution >= 0.6 is 15.9 Å². The molecular formula is C9H6BrFN2O2. The molecule has 1 fully saturated rings. The Labute approximate surface area is 93.2 Å². The third-order valence-electron chi connectivity index (χ3n) is 1.99. The van der Waals surface area contributed by atoms with Crippen molar-refractivity contribution < 1.29 is 14.0 Å². The highest BCUT2D eigenvalue weighted by molar-refractivity contribution is 9.10. The number of nitrogens with zero attached hydrogens (tertiary/aromatic N) is 1. The molecule has 0 spiro atoms. The monoisotopic (exact) mass is 272 g/mol. The van der Waals surface area contributed by atoms with Crippen LogP contribution in [0.3, 0.4) is 0 Å². The van der Waals surface area contributed by atoms with Crippen LogP contribution in [0.15, 0.2) is 22.7 Å². The predicted molar refractivity (Wildman–Crippen MR) is 55.0 cm³/mol. The van der Waals surface area contributed by atoms with Crippen molar-refractivity contribution in [2.75, 3.05) is 11.4 Å². The summed E-state index contributed by atoms with van der Waals surface area (Å²) in [5.41, 5.74) is 0.0905. The molecule has 0 aliphatic carbocycles. The molecule has 0 atom stereocenters. The fourth-order valence-corrected chi connectivity index (χ4v) is 1.68. The maximum Gasteiger partial charge on any atom is 0.329 e. The van der Waals surface area contributed by atoms with E-state index < -0.39 is 17.8 Å². The number of carbonyl (C=O) groups is 2. The predicted octanol–water partition coefficient (Wildman–Crippen LogP) is 1.64. The van der Waals surface area contributed by atoms with Crippen LogP contribution < -0.4 is 10.2 Å². The Bertz CT molecular complexity index is 450. The van der Waals surface area contributed by atoms with Crippen LogP contribution in [-0.4, -0.2) is 18.5 Å². The molecule has 0 saturated carbocycles. The molecular weight excluding hydrogens is 267 g/mol. The van der Waals surface area contributed by atoms with Crippen molar-refractivity contribution in [2.45, 2.75) is 0 Å². The summed E-state index contributed by atoms with van der Waals surface area (Å²) in [5, 5.41) is 2.08. The van der Waals surface area contributed by atoms with E-state index in [1.54, 1.807) is 0 Å². The molecule has 1 aliphatic rings. The van der Waals surface area contributed by atoms with Gasteiger partial charge in [-0.2, -0.15) is 0 Å². The first-order chi connectivity index (χ1) is 7.08. The Balaban J connectivity index is 2.41. The first kappa shape index (κ1) is 10.1. The zero-order chi connectivity index (χ0) is 11.0. The summed E-state index contributed by atoms with van der Waals surface area (Å²) in [6, 6.07) is 3.61. The SMILES string of the molecule is O=C1CN(c2cc(Br)ccc2F)C(=O)N1. The van der Waals surface area contributed by atoms with Gasteiger partial charge in [-0.15, -0.1) is 0 Å². The molecule has 0 unspecified atom stereocenters. The van der Waals surface area contributed by atoms with E-state index in [0.29, 0.717) is 4.47 Å². The Hall–Kier alpha value is -1.43. The zero-order valence-electron chi connectivity index (χ0n) is 7.46. The summed E-state index contributed by atoms with van der Waals surface area (Å²) >= 11 is 3.17. The summed E-state index contributed by atoms with van der Waals surface area (Å²) in [4.78, 5) is 23.2. The normalized spacial score (nSPS) is 15.7. The smallest absolute Gasteiger partial charge is 0.282 e. The van der Waals surface area contributed by atoms with E-state index in [0.717, 1.165) is 4.90 Å². The first-order valence-electron chi connectivity index (χ1n) is 4.14. The van der Waals surface area contributed by atoms with Crippen LogP contribution in [0, 0.1) is 5.82 Å². The van der Waals surface area contributed by atoms with Crippen molar-refractivity contribution in [3.8, 4) is 0 Å². The molecule has 15 heavy (non-hydrogen) atoms. The molecule has 1 heterocycles. The average Bonchev–Trinajstić information content (AvgIpc) is 2.50. The summed E-state index contributed by atoms with van der Waals surface area (Å²) in [7, 11) is 0. The van der Waals surface area contributed by atoms with Crippen LogP contribution in [0.5, 0.6) is 0 Å². The van der Waals surface area contributed by atoms with Gasteiger partial charge in [0.05, 0.1) is 5.69 Å². The second-order valence-electron chi connectivity index (χ2n) is 3.04. The highest BCUT2D eigenvalue weighted by atomic mass is 79.9. The maximum absolute atomic E-state index is 13.4. The largest absolute Gasteiger partial charge is 0.329 e. The molecule has 6 heteroatoms. The molecule has 0 radical (unpaired) electrons. The molecule has 0 bridgehead atoms. The lowest BCUT2D eigenvalue weighted by Crippen LogP contribution is -2.28. The highest BCUT2D eigenvalue weighted by Crippen LogP contribution is 2.25. The van der Waals surface area contributed by atoms with Crippen molar-refractivity contribution in [1.82, 2.24) is 5.32 Å². The van der Waals surface area contributed by atoms with Gasteiger partial charge in [0.2, 0.25) is 5.91 Å². The van der Waals surface area contributed by atoms with Crippen LogP contribution in [0.25, 0.3) is 0 Å². The Morgan fingerprint density at radius 3 is 2.73 bits per heavy atom. The summed E-state index contributed by atoms with van der Waals surface area (Å²) in [5.74, 6) is -0.970. The number of amides is 3. The lowest BCUT2D eigenvalue weighted by molar-refractivity contribution is -0.117. The summed E-state index contributed by atoms with van der Waals surface area (Å²) in [6.45, 7) is -0.147. The van der Waals surface area contributed by atoms with Gasteiger partial charge in [-0.1, -0.05) is 15.9 Å². The number of hydrogen-bond donors (Lipinski definition) is 1. The first-order valence-corrected chi connectivity index (χ1v) is 4.93. The van der Waals surface area contributed by atoms with Crippen LogP contribution in [-0.2, 0) is 4.79 Å². The number of carbonyl (C=O) groups excluding carboxylic acids is 2.